The molecule has 1 aromatic heterocycles. The highest BCUT2D eigenvalue weighted by molar-refractivity contribution is 5.89. The summed E-state index contributed by atoms with van der Waals surface area (Å²) in [5.74, 6) is 1.05. The van der Waals surface area contributed by atoms with Crippen LogP contribution in [0.1, 0.15) is 57.6 Å². The van der Waals surface area contributed by atoms with Crippen LogP contribution in [-0.4, -0.2) is 52.8 Å². The van der Waals surface area contributed by atoms with Gasteiger partial charge in [0.1, 0.15) is 11.6 Å². The van der Waals surface area contributed by atoms with E-state index in [1.165, 1.54) is 0 Å². The van der Waals surface area contributed by atoms with Gasteiger partial charge in [0.15, 0.2) is 0 Å². The molecule has 0 atom stereocenters. The summed E-state index contributed by atoms with van der Waals surface area (Å²) < 4.78 is 15.4. The third kappa shape index (κ3) is 5.31. The second kappa shape index (κ2) is 10.0. The van der Waals surface area contributed by atoms with Gasteiger partial charge >= 0.3 is 0 Å². The molecule has 1 amide bonds. The minimum absolute atomic E-state index is 0.0577. The van der Waals surface area contributed by atoms with Gasteiger partial charge in [0.25, 0.3) is 0 Å². The topological polar surface area (TPSA) is 53.4 Å². The number of rotatable bonds is 6. The summed E-state index contributed by atoms with van der Waals surface area (Å²) in [6, 6.07) is 7.94. The number of hydrogen-bond donors (Lipinski definition) is 1. The minimum atomic E-state index is -0.163. The Morgan fingerprint density at radius 2 is 1.78 bits per heavy atom. The first-order valence-corrected chi connectivity index (χ1v) is 12.0. The molecule has 1 aromatic carbocycles. The first-order valence-electron chi connectivity index (χ1n) is 12.0. The average Bonchev–Trinajstić information content (AvgIpc) is 3.21. The standard InChI is InChI=1S/C25H36FN5O/c1-18(2)16-25(32)28-24-6-11-27-31(24)22-9-12-29(13-10-22)21-7-14-30(15-8-21)23-5-4-20(26)17-19(23)3/h4-6,11,17-18,21-22H,7-10,12-16H2,1-3H3,(H,28,32). The number of aryl methyl sites for hydroxylation is 1. The van der Waals surface area contributed by atoms with E-state index in [2.05, 4.69) is 34.1 Å². The molecule has 0 saturated carbocycles. The molecule has 2 saturated heterocycles. The Morgan fingerprint density at radius 1 is 1.09 bits per heavy atom. The first kappa shape index (κ1) is 22.8. The average molecular weight is 442 g/mol. The van der Waals surface area contributed by atoms with Crippen LogP contribution in [0, 0.1) is 18.7 Å². The van der Waals surface area contributed by atoms with Crippen molar-refractivity contribution in [1.29, 1.82) is 0 Å². The number of amides is 1. The van der Waals surface area contributed by atoms with Gasteiger partial charge in [0, 0.05) is 50.4 Å². The lowest BCUT2D eigenvalue weighted by atomic mass is 9.97. The second-order valence-corrected chi connectivity index (χ2v) is 9.72. The molecule has 174 valence electrons. The van der Waals surface area contributed by atoms with Crippen molar-refractivity contribution < 1.29 is 9.18 Å². The Hall–Kier alpha value is -2.41. The van der Waals surface area contributed by atoms with Gasteiger partial charge in [-0.3, -0.25) is 4.79 Å². The Balaban J connectivity index is 1.28. The van der Waals surface area contributed by atoms with E-state index in [1.54, 1.807) is 18.3 Å². The fraction of sp³-hybridized carbons (Fsp3) is 0.600. The van der Waals surface area contributed by atoms with Gasteiger partial charge in [-0.1, -0.05) is 13.8 Å². The van der Waals surface area contributed by atoms with Gasteiger partial charge in [-0.15, -0.1) is 0 Å². The number of halogens is 1. The normalized spacial score (nSPS) is 19.0. The van der Waals surface area contributed by atoms with E-state index in [-0.39, 0.29) is 11.7 Å². The van der Waals surface area contributed by atoms with Crippen molar-refractivity contribution in [3.05, 3.63) is 41.8 Å². The predicted octanol–water partition coefficient (Wildman–Crippen LogP) is 4.62. The van der Waals surface area contributed by atoms with Crippen molar-refractivity contribution in [2.24, 2.45) is 5.92 Å². The van der Waals surface area contributed by atoms with Gasteiger partial charge in [-0.25, -0.2) is 9.07 Å². The lowest BCUT2D eigenvalue weighted by Crippen LogP contribution is -2.48. The smallest absolute Gasteiger partial charge is 0.225 e. The largest absolute Gasteiger partial charge is 0.371 e. The summed E-state index contributed by atoms with van der Waals surface area (Å²) in [5, 5.41) is 7.56. The summed E-state index contributed by atoms with van der Waals surface area (Å²) in [6.07, 6.45) is 6.68. The van der Waals surface area contributed by atoms with E-state index < -0.39 is 0 Å². The van der Waals surface area contributed by atoms with Crippen molar-refractivity contribution >= 4 is 17.4 Å². The van der Waals surface area contributed by atoms with E-state index >= 15 is 0 Å². The quantitative estimate of drug-likeness (QED) is 0.711. The number of nitrogens with one attached hydrogen (secondary N) is 1. The van der Waals surface area contributed by atoms with Crippen molar-refractivity contribution in [2.75, 3.05) is 36.4 Å². The Kier molecular flexibility index (Phi) is 7.13. The van der Waals surface area contributed by atoms with Crippen LogP contribution in [0.4, 0.5) is 15.9 Å². The number of piperidine rings is 2. The number of anilines is 2. The molecule has 0 bridgehead atoms. The summed E-state index contributed by atoms with van der Waals surface area (Å²) >= 11 is 0. The fourth-order valence-electron chi connectivity index (χ4n) is 5.21. The van der Waals surface area contributed by atoms with E-state index in [0.717, 1.165) is 68.9 Å². The van der Waals surface area contributed by atoms with Crippen LogP contribution in [0.3, 0.4) is 0 Å². The summed E-state index contributed by atoms with van der Waals surface area (Å²) in [6.45, 7) is 10.2. The minimum Gasteiger partial charge on any atom is -0.371 e. The molecule has 1 N–H and O–H groups in total. The third-order valence-electron chi connectivity index (χ3n) is 6.86. The first-order chi connectivity index (χ1) is 15.4. The number of carbonyl (C=O) groups excluding carboxylic acids is 1. The lowest BCUT2D eigenvalue weighted by Gasteiger charge is -2.42. The van der Waals surface area contributed by atoms with Gasteiger partial charge in [-0.2, -0.15) is 5.10 Å². The zero-order chi connectivity index (χ0) is 22.7. The highest BCUT2D eigenvalue weighted by Crippen LogP contribution is 2.30. The van der Waals surface area contributed by atoms with Gasteiger partial charge in [-0.05, 0) is 62.3 Å². The van der Waals surface area contributed by atoms with Crippen molar-refractivity contribution in [1.82, 2.24) is 14.7 Å². The number of aromatic nitrogens is 2. The molecule has 32 heavy (non-hydrogen) atoms. The molecular weight excluding hydrogens is 405 g/mol. The lowest BCUT2D eigenvalue weighted by molar-refractivity contribution is -0.116. The summed E-state index contributed by atoms with van der Waals surface area (Å²) in [4.78, 5) is 17.2. The molecule has 2 aliphatic heterocycles. The van der Waals surface area contributed by atoms with Crippen LogP contribution in [0.5, 0.6) is 0 Å². The molecule has 2 aromatic rings. The molecule has 0 spiro atoms. The van der Waals surface area contributed by atoms with Crippen LogP contribution in [-0.2, 0) is 4.79 Å². The molecule has 6 nitrogen and oxygen atoms in total. The molecule has 7 heteroatoms. The molecule has 3 heterocycles. The molecule has 0 radical (unpaired) electrons. The third-order valence-corrected chi connectivity index (χ3v) is 6.86. The Morgan fingerprint density at radius 3 is 2.44 bits per heavy atom. The van der Waals surface area contributed by atoms with E-state index in [0.29, 0.717) is 24.4 Å². The van der Waals surface area contributed by atoms with Gasteiger partial charge in [0.05, 0.1) is 12.2 Å². The fourth-order valence-corrected chi connectivity index (χ4v) is 5.21. The SMILES string of the molecule is Cc1cc(F)ccc1N1CCC(N2CCC(n3nccc3NC(=O)CC(C)C)CC2)CC1. The van der Waals surface area contributed by atoms with E-state index in [4.69, 9.17) is 0 Å². The number of likely N-dealkylation sites (tertiary alicyclic amines) is 1. The maximum Gasteiger partial charge on any atom is 0.225 e. The number of benzene rings is 1. The van der Waals surface area contributed by atoms with Crippen LogP contribution in [0.15, 0.2) is 30.5 Å². The molecule has 4 rings (SSSR count). The van der Waals surface area contributed by atoms with E-state index in [1.807, 2.05) is 23.7 Å². The van der Waals surface area contributed by atoms with Gasteiger partial charge < -0.3 is 15.1 Å². The molecule has 0 unspecified atom stereocenters. The highest BCUT2D eigenvalue weighted by atomic mass is 19.1. The number of nitrogens with zero attached hydrogens (tertiary/aromatic N) is 4. The predicted molar refractivity (Wildman–Crippen MR) is 127 cm³/mol. The van der Waals surface area contributed by atoms with E-state index in [9.17, 15) is 9.18 Å². The van der Waals surface area contributed by atoms with Crippen molar-refractivity contribution in [3.63, 3.8) is 0 Å². The second-order valence-electron chi connectivity index (χ2n) is 9.72. The molecule has 2 aliphatic rings. The molecular formula is C25H36FN5O. The number of hydrogen-bond acceptors (Lipinski definition) is 4. The highest BCUT2D eigenvalue weighted by Gasteiger charge is 2.30. The van der Waals surface area contributed by atoms with Crippen LogP contribution in [0.25, 0.3) is 0 Å². The number of carbonyl (C=O) groups is 1. The Bertz CT molecular complexity index is 911. The molecule has 2 fully saturated rings. The van der Waals surface area contributed by atoms with Crippen molar-refractivity contribution in [3.8, 4) is 0 Å². The zero-order valence-corrected chi connectivity index (χ0v) is 19.6. The Labute approximate surface area is 190 Å². The van der Waals surface area contributed by atoms with Crippen molar-refractivity contribution in [2.45, 2.75) is 65.0 Å². The summed E-state index contributed by atoms with van der Waals surface area (Å²) in [7, 11) is 0. The van der Waals surface area contributed by atoms with Gasteiger partial charge in [0.2, 0.25) is 5.91 Å². The van der Waals surface area contributed by atoms with Crippen LogP contribution in [0.2, 0.25) is 0 Å². The van der Waals surface area contributed by atoms with Crippen LogP contribution < -0.4 is 10.2 Å². The summed E-state index contributed by atoms with van der Waals surface area (Å²) in [5.41, 5.74) is 2.18. The maximum absolute atomic E-state index is 13.4. The monoisotopic (exact) mass is 441 g/mol. The maximum atomic E-state index is 13.4. The van der Waals surface area contributed by atoms with Crippen LogP contribution >= 0.6 is 0 Å². The molecule has 0 aliphatic carbocycles. The zero-order valence-electron chi connectivity index (χ0n) is 19.6.